The Balaban J connectivity index is 2.37. The van der Waals surface area contributed by atoms with Crippen LogP contribution < -0.4 is 0 Å². The van der Waals surface area contributed by atoms with Crippen LogP contribution in [-0.2, 0) is 9.59 Å². The minimum atomic E-state index is -0.986. The van der Waals surface area contributed by atoms with Crippen molar-refractivity contribution in [1.82, 2.24) is 4.90 Å². The molecular weight excluding hydrogens is 286 g/mol. The maximum atomic E-state index is 11.8. The van der Waals surface area contributed by atoms with Crippen molar-refractivity contribution in [2.75, 3.05) is 18.8 Å². The number of hydrogen-bond donors (Lipinski definition) is 1. The van der Waals surface area contributed by atoms with E-state index in [9.17, 15) is 9.59 Å². The molecule has 0 heterocycles. The first-order chi connectivity index (χ1) is 9.02. The molecule has 19 heavy (non-hydrogen) atoms. The topological polar surface area (TPSA) is 57.6 Å². The zero-order chi connectivity index (χ0) is 14.3. The number of halogens is 1. The van der Waals surface area contributed by atoms with Gasteiger partial charge >= 0.3 is 5.97 Å². The van der Waals surface area contributed by atoms with Gasteiger partial charge in [0.05, 0.1) is 0 Å². The van der Waals surface area contributed by atoms with Gasteiger partial charge in [-0.2, -0.15) is 0 Å². The van der Waals surface area contributed by atoms with E-state index in [1.54, 1.807) is 30.8 Å². The summed E-state index contributed by atoms with van der Waals surface area (Å²) in [5, 5.41) is 9.36. The summed E-state index contributed by atoms with van der Waals surface area (Å²) in [4.78, 5) is 24.7. The highest BCUT2D eigenvalue weighted by Crippen LogP contribution is 2.21. The number of likely N-dealkylation sites (N-methyl/N-ethyl adjacent to an activating group) is 1. The first-order valence-corrected chi connectivity index (χ1v) is 7.27. The monoisotopic (exact) mass is 301 g/mol. The van der Waals surface area contributed by atoms with Gasteiger partial charge < -0.3 is 10.0 Å². The van der Waals surface area contributed by atoms with Crippen LogP contribution in [0.25, 0.3) is 0 Å². The van der Waals surface area contributed by atoms with E-state index in [0.717, 1.165) is 4.90 Å². The van der Waals surface area contributed by atoms with Gasteiger partial charge in [0.15, 0.2) is 0 Å². The maximum Gasteiger partial charge on any atom is 0.323 e. The first kappa shape index (κ1) is 15.9. The summed E-state index contributed by atoms with van der Waals surface area (Å²) in [6, 6.07) is 7.39. The standard InChI is InChI=1S/C13H16ClNO3S/c1-2-15(9-13(17)18)12(16)7-8-19-11-5-3-10(14)4-6-11/h3-6H,2,7-9H2,1H3,(H,17,18). The van der Waals surface area contributed by atoms with E-state index < -0.39 is 5.97 Å². The zero-order valence-corrected chi connectivity index (χ0v) is 12.2. The number of thioether (sulfide) groups is 1. The summed E-state index contributed by atoms with van der Waals surface area (Å²) < 4.78 is 0. The summed E-state index contributed by atoms with van der Waals surface area (Å²) in [6.45, 7) is 1.95. The minimum absolute atomic E-state index is 0.133. The number of rotatable bonds is 7. The maximum absolute atomic E-state index is 11.8. The Labute approximate surface area is 121 Å². The number of benzene rings is 1. The Kier molecular flexibility index (Phi) is 6.73. The molecule has 4 nitrogen and oxygen atoms in total. The summed E-state index contributed by atoms with van der Waals surface area (Å²) in [6.07, 6.45) is 0.328. The molecule has 0 aliphatic rings. The fourth-order valence-corrected chi connectivity index (χ4v) is 2.45. The smallest absolute Gasteiger partial charge is 0.323 e. The van der Waals surface area contributed by atoms with E-state index in [1.807, 2.05) is 12.1 Å². The normalized spacial score (nSPS) is 10.2. The molecule has 1 N–H and O–H groups in total. The van der Waals surface area contributed by atoms with Gasteiger partial charge in [0, 0.05) is 28.6 Å². The van der Waals surface area contributed by atoms with Crippen LogP contribution in [-0.4, -0.2) is 40.7 Å². The van der Waals surface area contributed by atoms with Crippen molar-refractivity contribution in [3.05, 3.63) is 29.3 Å². The largest absolute Gasteiger partial charge is 0.480 e. The Morgan fingerprint density at radius 3 is 2.47 bits per heavy atom. The lowest BCUT2D eigenvalue weighted by atomic mass is 10.4. The fourth-order valence-electron chi connectivity index (χ4n) is 1.48. The molecule has 104 valence electrons. The molecule has 1 rings (SSSR count). The molecule has 0 fully saturated rings. The number of aliphatic carboxylic acids is 1. The second-order valence-corrected chi connectivity index (χ2v) is 5.46. The lowest BCUT2D eigenvalue weighted by Crippen LogP contribution is -2.35. The second kappa shape index (κ2) is 8.07. The zero-order valence-electron chi connectivity index (χ0n) is 10.6. The lowest BCUT2D eigenvalue weighted by Gasteiger charge is -2.18. The van der Waals surface area contributed by atoms with Gasteiger partial charge in [-0.15, -0.1) is 11.8 Å². The lowest BCUT2D eigenvalue weighted by molar-refractivity contribution is -0.144. The molecule has 1 aromatic rings. The molecule has 0 radical (unpaired) electrons. The van der Waals surface area contributed by atoms with E-state index in [-0.39, 0.29) is 12.5 Å². The minimum Gasteiger partial charge on any atom is -0.480 e. The van der Waals surface area contributed by atoms with Gasteiger partial charge in [-0.05, 0) is 31.2 Å². The Morgan fingerprint density at radius 2 is 1.95 bits per heavy atom. The van der Waals surface area contributed by atoms with Crippen molar-refractivity contribution < 1.29 is 14.7 Å². The Bertz CT molecular complexity index is 436. The average Bonchev–Trinajstić information content (AvgIpc) is 2.38. The van der Waals surface area contributed by atoms with Crippen molar-refractivity contribution in [3.8, 4) is 0 Å². The van der Waals surface area contributed by atoms with Gasteiger partial charge in [-0.1, -0.05) is 11.6 Å². The number of carboxylic acid groups (broad SMARTS) is 1. The molecule has 0 saturated carbocycles. The van der Waals surface area contributed by atoms with Crippen LogP contribution in [0.15, 0.2) is 29.2 Å². The van der Waals surface area contributed by atoms with Gasteiger partial charge in [-0.25, -0.2) is 0 Å². The Hall–Kier alpha value is -1.20. The third kappa shape index (κ3) is 5.98. The van der Waals surface area contributed by atoms with E-state index in [2.05, 4.69) is 0 Å². The van der Waals surface area contributed by atoms with Gasteiger partial charge in [-0.3, -0.25) is 9.59 Å². The molecule has 1 aromatic carbocycles. The number of hydrogen-bond acceptors (Lipinski definition) is 3. The van der Waals surface area contributed by atoms with Gasteiger partial charge in [0.25, 0.3) is 0 Å². The van der Waals surface area contributed by atoms with Crippen LogP contribution in [0.3, 0.4) is 0 Å². The number of carbonyl (C=O) groups is 2. The average molecular weight is 302 g/mol. The molecule has 0 bridgehead atoms. The van der Waals surface area contributed by atoms with Gasteiger partial charge in [0.1, 0.15) is 6.54 Å². The quantitative estimate of drug-likeness (QED) is 0.787. The number of carbonyl (C=O) groups excluding carboxylic acids is 1. The van der Waals surface area contributed by atoms with Crippen LogP contribution in [0.2, 0.25) is 5.02 Å². The van der Waals surface area contributed by atoms with Crippen molar-refractivity contribution in [3.63, 3.8) is 0 Å². The van der Waals surface area contributed by atoms with E-state index in [0.29, 0.717) is 23.7 Å². The van der Waals surface area contributed by atoms with Crippen molar-refractivity contribution >= 4 is 35.2 Å². The van der Waals surface area contributed by atoms with E-state index in [4.69, 9.17) is 16.7 Å². The van der Waals surface area contributed by atoms with Crippen LogP contribution in [0.1, 0.15) is 13.3 Å². The van der Waals surface area contributed by atoms with Crippen LogP contribution >= 0.6 is 23.4 Å². The predicted molar refractivity (Wildman–Crippen MR) is 76.7 cm³/mol. The molecule has 0 spiro atoms. The molecule has 0 aromatic heterocycles. The second-order valence-electron chi connectivity index (χ2n) is 3.85. The summed E-state index contributed by atoms with van der Waals surface area (Å²) in [7, 11) is 0. The van der Waals surface area contributed by atoms with Crippen LogP contribution in [0, 0.1) is 0 Å². The SMILES string of the molecule is CCN(CC(=O)O)C(=O)CCSc1ccc(Cl)cc1. The molecule has 0 aliphatic carbocycles. The third-order valence-electron chi connectivity index (χ3n) is 2.46. The molecule has 0 aliphatic heterocycles. The number of nitrogens with zero attached hydrogens (tertiary/aromatic N) is 1. The highest BCUT2D eigenvalue weighted by Gasteiger charge is 2.14. The molecule has 0 saturated heterocycles. The molecule has 0 unspecified atom stereocenters. The van der Waals surface area contributed by atoms with E-state index >= 15 is 0 Å². The van der Waals surface area contributed by atoms with Crippen molar-refractivity contribution in [2.45, 2.75) is 18.2 Å². The highest BCUT2D eigenvalue weighted by molar-refractivity contribution is 7.99. The molecule has 1 amide bonds. The molecule has 6 heteroatoms. The summed E-state index contributed by atoms with van der Waals surface area (Å²) in [5.41, 5.74) is 0. The Morgan fingerprint density at radius 1 is 1.32 bits per heavy atom. The van der Waals surface area contributed by atoms with Crippen molar-refractivity contribution in [2.24, 2.45) is 0 Å². The third-order valence-corrected chi connectivity index (χ3v) is 3.72. The summed E-state index contributed by atoms with van der Waals surface area (Å²) >= 11 is 7.33. The number of amides is 1. The van der Waals surface area contributed by atoms with Crippen LogP contribution in [0.4, 0.5) is 0 Å². The van der Waals surface area contributed by atoms with Crippen molar-refractivity contribution in [1.29, 1.82) is 0 Å². The fraction of sp³-hybridized carbons (Fsp3) is 0.385. The highest BCUT2D eigenvalue weighted by atomic mass is 35.5. The van der Waals surface area contributed by atoms with Gasteiger partial charge in [0.2, 0.25) is 5.91 Å². The van der Waals surface area contributed by atoms with Crippen LogP contribution in [0.5, 0.6) is 0 Å². The molecule has 0 atom stereocenters. The molecular formula is C13H16ClNO3S. The first-order valence-electron chi connectivity index (χ1n) is 5.91. The summed E-state index contributed by atoms with van der Waals surface area (Å²) in [5.74, 6) is -0.497. The van der Waals surface area contributed by atoms with E-state index in [1.165, 1.54) is 4.90 Å². The number of carboxylic acids is 1. The predicted octanol–water partition coefficient (Wildman–Crippen LogP) is 2.76.